The van der Waals surface area contributed by atoms with E-state index in [0.717, 1.165) is 31.3 Å². The Hall–Kier alpha value is -1.32. The Morgan fingerprint density at radius 1 is 0.809 bits per heavy atom. The molecule has 47 heavy (non-hydrogen) atoms. The highest BCUT2D eigenvalue weighted by atomic mass is 32.2. The molecule has 1 saturated heterocycles. The lowest BCUT2D eigenvalue weighted by Gasteiger charge is -2.10. The van der Waals surface area contributed by atoms with Crippen LogP contribution in [0.1, 0.15) is 154 Å². The monoisotopic (exact) mass is 693 g/mol. The fraction of sp³-hybridized carbons (Fsp3) is 0.769. The highest BCUT2D eigenvalue weighted by Crippen LogP contribution is 2.25. The Bertz CT molecular complexity index is 1080. The molecule has 270 valence electrons. The van der Waals surface area contributed by atoms with Crippen molar-refractivity contribution in [3.05, 3.63) is 46.9 Å². The van der Waals surface area contributed by atoms with Crippen LogP contribution in [-0.4, -0.2) is 38.9 Å². The van der Waals surface area contributed by atoms with Crippen LogP contribution in [0.15, 0.2) is 46.2 Å². The Kier molecular flexibility index (Phi) is 24.5. The van der Waals surface area contributed by atoms with E-state index in [-0.39, 0.29) is 4.90 Å². The van der Waals surface area contributed by atoms with Crippen molar-refractivity contribution < 1.29 is 27.0 Å². The lowest BCUT2D eigenvalue weighted by molar-refractivity contribution is -0.692. The van der Waals surface area contributed by atoms with Crippen molar-refractivity contribution >= 4 is 21.5 Å². The fourth-order valence-electron chi connectivity index (χ4n) is 6.24. The van der Waals surface area contributed by atoms with Crippen molar-refractivity contribution in [3.8, 4) is 0 Å². The van der Waals surface area contributed by atoms with Gasteiger partial charge >= 0.3 is 0 Å². The van der Waals surface area contributed by atoms with Crippen LogP contribution in [0.4, 0.5) is 0 Å². The van der Waals surface area contributed by atoms with E-state index in [0.29, 0.717) is 6.10 Å². The molecule has 0 N–H and O–H groups in total. The van der Waals surface area contributed by atoms with Gasteiger partial charge in [0.15, 0.2) is 6.20 Å². The zero-order valence-corrected chi connectivity index (χ0v) is 31.5. The molecule has 0 spiro atoms. The van der Waals surface area contributed by atoms with Crippen molar-refractivity contribution in [2.24, 2.45) is 5.92 Å². The molecule has 1 aliphatic rings. The van der Waals surface area contributed by atoms with Crippen LogP contribution < -0.4 is 4.57 Å². The molecular formula is C39H67NO5S2. The summed E-state index contributed by atoms with van der Waals surface area (Å²) in [6, 6.07) is 5.78. The van der Waals surface area contributed by atoms with Gasteiger partial charge < -0.3 is 14.0 Å². The van der Waals surface area contributed by atoms with E-state index in [1.54, 1.807) is 23.5 Å². The standard InChI is InChI=1S/C32H60NO2S.C7H8O3S/c1-2-3-4-5-6-7-8-9-10-11-12-13-16-19-22-31-27-32(35-28-31)29-34-25-21-18-15-14-17-20-23-33-24-26-36-30-33;1-6-2-4-7(5-3-6)11(8,9)10/h24,26,30-32H,2-23,25,27-29H2,1H3;2-5H,1H3,(H,8,9,10)/q+1;/p-1. The number of hydrogen-bond acceptors (Lipinski definition) is 6. The summed E-state index contributed by atoms with van der Waals surface area (Å²) >= 11 is 1.78. The zero-order valence-electron chi connectivity index (χ0n) is 29.9. The van der Waals surface area contributed by atoms with E-state index < -0.39 is 10.1 Å². The van der Waals surface area contributed by atoms with Gasteiger partial charge in [-0.1, -0.05) is 145 Å². The molecule has 2 unspecified atom stereocenters. The van der Waals surface area contributed by atoms with E-state index in [1.807, 2.05) is 6.92 Å². The molecule has 0 amide bonds. The van der Waals surface area contributed by atoms with E-state index in [4.69, 9.17) is 9.47 Å². The van der Waals surface area contributed by atoms with Crippen LogP contribution in [-0.2, 0) is 26.1 Å². The molecule has 1 aliphatic heterocycles. The lowest BCUT2D eigenvalue weighted by Crippen LogP contribution is -2.29. The van der Waals surface area contributed by atoms with Crippen LogP contribution in [0.3, 0.4) is 0 Å². The third kappa shape index (κ3) is 22.9. The number of unbranched alkanes of at least 4 members (excludes halogenated alkanes) is 18. The quantitative estimate of drug-likeness (QED) is 0.0529. The van der Waals surface area contributed by atoms with Gasteiger partial charge in [0.1, 0.15) is 16.7 Å². The summed E-state index contributed by atoms with van der Waals surface area (Å²) in [5, 5.41) is 2.15. The number of hydrogen-bond donors (Lipinski definition) is 0. The first-order valence-corrected chi connectivity index (χ1v) is 21.4. The van der Waals surface area contributed by atoms with Gasteiger partial charge in [0.25, 0.3) is 0 Å². The Morgan fingerprint density at radius 2 is 1.36 bits per heavy atom. The summed E-state index contributed by atoms with van der Waals surface area (Å²) < 4.78 is 45.4. The summed E-state index contributed by atoms with van der Waals surface area (Å²) in [4.78, 5) is -0.178. The van der Waals surface area contributed by atoms with Gasteiger partial charge in [0.05, 0.1) is 23.0 Å². The SMILES string of the molecule is CCCCCCCCCCCCCCCCC1COC(COCCCCCCCC[n+]2ccsc2)C1.Cc1ccc(S(=O)(=O)[O-])cc1. The number of thiazole rings is 1. The van der Waals surface area contributed by atoms with Crippen molar-refractivity contribution in [1.29, 1.82) is 0 Å². The summed E-state index contributed by atoms with van der Waals surface area (Å²) in [5.41, 5.74) is 3.13. The first kappa shape index (κ1) is 41.8. The van der Waals surface area contributed by atoms with Gasteiger partial charge in [-0.05, 0) is 50.7 Å². The molecule has 1 aromatic heterocycles. The Labute approximate surface area is 292 Å². The van der Waals surface area contributed by atoms with Crippen LogP contribution >= 0.6 is 11.3 Å². The van der Waals surface area contributed by atoms with Gasteiger partial charge in [-0.25, -0.2) is 8.42 Å². The molecule has 1 aromatic carbocycles. The summed E-state index contributed by atoms with van der Waals surface area (Å²) in [5.74, 6) is 0.781. The van der Waals surface area contributed by atoms with Crippen LogP contribution in [0.25, 0.3) is 0 Å². The third-order valence-electron chi connectivity index (χ3n) is 9.23. The van der Waals surface area contributed by atoms with Gasteiger partial charge in [-0.15, -0.1) is 0 Å². The number of aryl methyl sites for hydroxylation is 2. The summed E-state index contributed by atoms with van der Waals surface area (Å²) in [6.45, 7) is 7.99. The minimum atomic E-state index is -4.27. The van der Waals surface area contributed by atoms with Crippen molar-refractivity contribution in [3.63, 3.8) is 0 Å². The second kappa shape index (κ2) is 27.5. The summed E-state index contributed by atoms with van der Waals surface area (Å²) in [7, 11) is -4.27. The molecule has 2 heterocycles. The van der Waals surface area contributed by atoms with E-state index in [2.05, 4.69) is 28.6 Å². The molecule has 6 nitrogen and oxygen atoms in total. The minimum absolute atomic E-state index is 0.178. The molecule has 0 radical (unpaired) electrons. The molecule has 8 heteroatoms. The van der Waals surface area contributed by atoms with Gasteiger partial charge in [-0.2, -0.15) is 4.57 Å². The topological polar surface area (TPSA) is 79.5 Å². The number of rotatable bonds is 27. The summed E-state index contributed by atoms with van der Waals surface area (Å²) in [6.07, 6.45) is 33.2. The first-order chi connectivity index (χ1) is 22.9. The third-order valence-corrected chi connectivity index (χ3v) is 10.7. The molecular weight excluding hydrogens is 627 g/mol. The minimum Gasteiger partial charge on any atom is -0.744 e. The van der Waals surface area contributed by atoms with E-state index >= 15 is 0 Å². The van der Waals surface area contributed by atoms with Crippen molar-refractivity contribution in [2.45, 2.75) is 173 Å². The molecule has 0 saturated carbocycles. The molecule has 0 aliphatic carbocycles. The zero-order chi connectivity index (χ0) is 33.8. The fourth-order valence-corrected chi connectivity index (χ4v) is 7.34. The number of benzene rings is 1. The highest BCUT2D eigenvalue weighted by molar-refractivity contribution is 7.85. The maximum Gasteiger partial charge on any atom is 0.224 e. The van der Waals surface area contributed by atoms with E-state index in [1.165, 1.54) is 160 Å². The van der Waals surface area contributed by atoms with Crippen molar-refractivity contribution in [1.82, 2.24) is 0 Å². The maximum atomic E-state index is 10.4. The molecule has 1 fully saturated rings. The largest absolute Gasteiger partial charge is 0.744 e. The van der Waals surface area contributed by atoms with Gasteiger partial charge in [0.2, 0.25) is 5.51 Å². The average Bonchev–Trinajstić information content (AvgIpc) is 3.75. The normalized spacial score (nSPS) is 16.3. The van der Waals surface area contributed by atoms with Crippen LogP contribution in [0.2, 0.25) is 0 Å². The highest BCUT2D eigenvalue weighted by Gasteiger charge is 2.25. The molecule has 2 aromatic rings. The maximum absolute atomic E-state index is 10.4. The molecule has 3 rings (SSSR count). The lowest BCUT2D eigenvalue weighted by atomic mass is 9.97. The van der Waals surface area contributed by atoms with Crippen LogP contribution in [0.5, 0.6) is 0 Å². The predicted molar refractivity (Wildman–Crippen MR) is 195 cm³/mol. The number of aromatic nitrogens is 1. The Morgan fingerprint density at radius 3 is 1.91 bits per heavy atom. The first-order valence-electron chi connectivity index (χ1n) is 19.0. The average molecular weight is 694 g/mol. The second-order valence-electron chi connectivity index (χ2n) is 13.7. The Balaban J connectivity index is 0.000000587. The molecule has 0 bridgehead atoms. The van der Waals surface area contributed by atoms with Gasteiger partial charge in [-0.3, -0.25) is 0 Å². The predicted octanol–water partition coefficient (Wildman–Crippen LogP) is 10.6. The van der Waals surface area contributed by atoms with Crippen LogP contribution in [0, 0.1) is 12.8 Å². The number of nitrogens with zero attached hydrogens (tertiary/aromatic N) is 1. The van der Waals surface area contributed by atoms with E-state index in [9.17, 15) is 13.0 Å². The van der Waals surface area contributed by atoms with Crippen molar-refractivity contribution in [2.75, 3.05) is 19.8 Å². The smallest absolute Gasteiger partial charge is 0.224 e. The van der Waals surface area contributed by atoms with Gasteiger partial charge in [0, 0.05) is 19.6 Å². The second-order valence-corrected chi connectivity index (χ2v) is 15.8. The molecule has 2 atom stereocenters. The number of ether oxygens (including phenoxy) is 2.